The molecule has 0 fully saturated rings. The summed E-state index contributed by atoms with van der Waals surface area (Å²) in [6.07, 6.45) is 0.237. The zero-order chi connectivity index (χ0) is 15.5. The highest BCUT2D eigenvalue weighted by molar-refractivity contribution is 8.13. The first kappa shape index (κ1) is 15.9. The van der Waals surface area contributed by atoms with Gasteiger partial charge in [0.15, 0.2) is 0 Å². The fourth-order valence-electron chi connectivity index (χ4n) is 1.87. The van der Waals surface area contributed by atoms with Gasteiger partial charge in [0.05, 0.1) is 6.61 Å². The Bertz CT molecular complexity index is 733. The van der Waals surface area contributed by atoms with Gasteiger partial charge in [0.2, 0.25) is 0 Å². The molecule has 1 heterocycles. The van der Waals surface area contributed by atoms with Gasteiger partial charge in [-0.15, -0.1) is 10.2 Å². The van der Waals surface area contributed by atoms with E-state index in [0.29, 0.717) is 11.4 Å². The van der Waals surface area contributed by atoms with Gasteiger partial charge in [-0.3, -0.25) is 4.57 Å². The smallest absolute Gasteiger partial charge is 0.296 e. The van der Waals surface area contributed by atoms with Crippen molar-refractivity contribution < 1.29 is 17.5 Å². The predicted molar refractivity (Wildman–Crippen MR) is 74.1 cm³/mol. The molecule has 21 heavy (non-hydrogen) atoms. The summed E-state index contributed by atoms with van der Waals surface area (Å²) in [6, 6.07) is 5.96. The third-order valence-corrected chi connectivity index (χ3v) is 3.93. The molecule has 0 unspecified atom stereocenters. The van der Waals surface area contributed by atoms with Crippen LogP contribution in [0.1, 0.15) is 11.4 Å². The molecule has 0 aliphatic rings. The van der Waals surface area contributed by atoms with Crippen LogP contribution in [0, 0.1) is 5.82 Å². The number of methoxy groups -OCH3 is 1. The number of rotatable bonds is 6. The van der Waals surface area contributed by atoms with Gasteiger partial charge in [-0.2, -0.15) is 0 Å². The minimum absolute atomic E-state index is 0.232. The second kappa shape index (κ2) is 6.50. The first-order chi connectivity index (χ1) is 9.91. The van der Waals surface area contributed by atoms with E-state index in [4.69, 9.17) is 15.4 Å². The van der Waals surface area contributed by atoms with Crippen molar-refractivity contribution in [2.75, 3.05) is 13.7 Å². The number of benzene rings is 1. The number of ether oxygens (including phenoxy) is 1. The second-order valence-electron chi connectivity index (χ2n) is 4.29. The maximum Gasteiger partial charge on any atom is 0.296 e. The summed E-state index contributed by atoms with van der Waals surface area (Å²) in [6.45, 7) is 0.503. The fraction of sp³-hybridized carbons (Fsp3) is 0.333. The molecule has 0 saturated heterocycles. The molecule has 0 atom stereocenters. The van der Waals surface area contributed by atoms with Crippen molar-refractivity contribution in [3.05, 3.63) is 41.5 Å². The number of nitrogens with zero attached hydrogens (tertiary/aromatic N) is 3. The van der Waals surface area contributed by atoms with Crippen molar-refractivity contribution in [2.45, 2.75) is 18.1 Å². The third-order valence-electron chi connectivity index (χ3n) is 2.78. The Morgan fingerprint density at radius 2 is 2.14 bits per heavy atom. The molecule has 2 aromatic rings. The highest BCUT2D eigenvalue weighted by Gasteiger charge is 2.22. The number of hydrogen-bond donors (Lipinski definition) is 0. The molecule has 0 spiro atoms. The maximum atomic E-state index is 13.2. The topological polar surface area (TPSA) is 74.1 Å². The van der Waals surface area contributed by atoms with E-state index in [1.165, 1.54) is 23.8 Å². The molecule has 0 aliphatic carbocycles. The monoisotopic (exact) mass is 333 g/mol. The van der Waals surface area contributed by atoms with Crippen molar-refractivity contribution in [1.82, 2.24) is 14.8 Å². The Labute approximate surface area is 125 Å². The van der Waals surface area contributed by atoms with Crippen LogP contribution in [0.15, 0.2) is 29.4 Å². The van der Waals surface area contributed by atoms with Crippen LogP contribution < -0.4 is 0 Å². The third kappa shape index (κ3) is 3.99. The summed E-state index contributed by atoms with van der Waals surface area (Å²) >= 11 is 0. The van der Waals surface area contributed by atoms with Crippen molar-refractivity contribution in [1.29, 1.82) is 0 Å². The largest absolute Gasteiger partial charge is 0.383 e. The summed E-state index contributed by atoms with van der Waals surface area (Å²) in [5, 5.41) is 7.09. The van der Waals surface area contributed by atoms with Crippen LogP contribution in [-0.4, -0.2) is 36.9 Å². The minimum Gasteiger partial charge on any atom is -0.383 e. The molecule has 1 aromatic heterocycles. The number of hydrogen-bond acceptors (Lipinski definition) is 5. The van der Waals surface area contributed by atoms with E-state index in [9.17, 15) is 12.8 Å². The molecule has 1 aromatic carbocycles. The molecule has 0 N–H and O–H groups in total. The standard InChI is InChI=1S/C12H13ClFN3O3S/c1-20-6-5-17-11(15-16-12(17)21(13,18)19)8-9-3-2-4-10(14)7-9/h2-4,7H,5-6,8H2,1H3. The average molecular weight is 334 g/mol. The van der Waals surface area contributed by atoms with Crippen molar-refractivity contribution in [3.63, 3.8) is 0 Å². The van der Waals surface area contributed by atoms with E-state index in [1.54, 1.807) is 12.1 Å². The van der Waals surface area contributed by atoms with Crippen LogP contribution in [-0.2, 0) is 26.8 Å². The van der Waals surface area contributed by atoms with Crippen LogP contribution in [0.4, 0.5) is 4.39 Å². The van der Waals surface area contributed by atoms with E-state index in [1.807, 2.05) is 0 Å². The lowest BCUT2D eigenvalue weighted by Gasteiger charge is -2.08. The number of aromatic nitrogens is 3. The van der Waals surface area contributed by atoms with Gasteiger partial charge in [-0.1, -0.05) is 12.1 Å². The molecule has 9 heteroatoms. The van der Waals surface area contributed by atoms with E-state index < -0.39 is 9.05 Å². The van der Waals surface area contributed by atoms with Gasteiger partial charge in [0.25, 0.3) is 14.2 Å². The average Bonchev–Trinajstić information content (AvgIpc) is 2.79. The molecule has 0 bridgehead atoms. The summed E-state index contributed by atoms with van der Waals surface area (Å²) in [7, 11) is 2.81. The van der Waals surface area contributed by atoms with Crippen LogP contribution in [0.3, 0.4) is 0 Å². The Morgan fingerprint density at radius 1 is 1.38 bits per heavy atom. The van der Waals surface area contributed by atoms with E-state index in [-0.39, 0.29) is 30.5 Å². The van der Waals surface area contributed by atoms with Gasteiger partial charge in [0, 0.05) is 30.8 Å². The Kier molecular flexibility index (Phi) is 4.92. The molecular formula is C12H13ClFN3O3S. The van der Waals surface area contributed by atoms with Gasteiger partial charge in [-0.05, 0) is 17.7 Å². The first-order valence-electron chi connectivity index (χ1n) is 6.02. The summed E-state index contributed by atoms with van der Waals surface area (Å²) in [5.41, 5.74) is 0.652. The van der Waals surface area contributed by atoms with Crippen LogP contribution >= 0.6 is 10.7 Å². The zero-order valence-electron chi connectivity index (χ0n) is 11.2. The SMILES string of the molecule is COCCn1c(Cc2cccc(F)c2)nnc1S(=O)(=O)Cl. The van der Waals surface area contributed by atoms with E-state index >= 15 is 0 Å². The van der Waals surface area contributed by atoms with Crippen LogP contribution in [0.2, 0.25) is 0 Å². The van der Waals surface area contributed by atoms with Crippen molar-refractivity contribution in [3.8, 4) is 0 Å². The van der Waals surface area contributed by atoms with E-state index in [0.717, 1.165) is 0 Å². The van der Waals surface area contributed by atoms with Gasteiger partial charge < -0.3 is 4.74 Å². The summed E-state index contributed by atoms with van der Waals surface area (Å²) < 4.78 is 42.4. The lowest BCUT2D eigenvalue weighted by molar-refractivity contribution is 0.183. The first-order valence-corrected chi connectivity index (χ1v) is 8.33. The predicted octanol–water partition coefficient (Wildman–Crippen LogP) is 1.58. The molecule has 0 radical (unpaired) electrons. The van der Waals surface area contributed by atoms with Crippen LogP contribution in [0.5, 0.6) is 0 Å². The van der Waals surface area contributed by atoms with Crippen molar-refractivity contribution >= 4 is 19.7 Å². The quantitative estimate of drug-likeness (QED) is 0.750. The van der Waals surface area contributed by atoms with Gasteiger partial charge in [0.1, 0.15) is 11.6 Å². The lowest BCUT2D eigenvalue weighted by atomic mass is 10.1. The molecule has 0 aliphatic heterocycles. The molecule has 2 rings (SSSR count). The Balaban J connectivity index is 2.37. The molecule has 0 amide bonds. The molecule has 6 nitrogen and oxygen atoms in total. The number of halogens is 2. The minimum atomic E-state index is -4.01. The van der Waals surface area contributed by atoms with Crippen LogP contribution in [0.25, 0.3) is 0 Å². The lowest BCUT2D eigenvalue weighted by Crippen LogP contribution is -2.13. The Morgan fingerprint density at radius 3 is 2.76 bits per heavy atom. The highest BCUT2D eigenvalue weighted by atomic mass is 35.7. The zero-order valence-corrected chi connectivity index (χ0v) is 12.7. The van der Waals surface area contributed by atoms with Gasteiger partial charge in [-0.25, -0.2) is 12.8 Å². The molecule has 0 saturated carbocycles. The van der Waals surface area contributed by atoms with Crippen molar-refractivity contribution in [2.24, 2.45) is 0 Å². The highest BCUT2D eigenvalue weighted by Crippen LogP contribution is 2.17. The van der Waals surface area contributed by atoms with Gasteiger partial charge >= 0.3 is 0 Å². The fourth-order valence-corrected chi connectivity index (χ4v) is 2.81. The Hall–Kier alpha value is -1.51. The van der Waals surface area contributed by atoms with E-state index in [2.05, 4.69) is 10.2 Å². The molecular weight excluding hydrogens is 321 g/mol. The normalized spacial score (nSPS) is 11.8. The molecule has 114 valence electrons. The maximum absolute atomic E-state index is 13.2. The summed E-state index contributed by atoms with van der Waals surface area (Å²) in [4.78, 5) is 0. The second-order valence-corrected chi connectivity index (χ2v) is 6.75. The summed E-state index contributed by atoms with van der Waals surface area (Å²) in [5.74, 6) is -0.00230.